The van der Waals surface area contributed by atoms with Gasteiger partial charge in [0, 0.05) is 37.9 Å². The van der Waals surface area contributed by atoms with Crippen LogP contribution in [0.15, 0.2) is 30.5 Å². The summed E-state index contributed by atoms with van der Waals surface area (Å²) in [7, 11) is 0. The Labute approximate surface area is 147 Å². The first kappa shape index (κ1) is 17.4. The minimum Gasteiger partial charge on any atom is -0.369 e. The van der Waals surface area contributed by atoms with Crippen molar-refractivity contribution in [1.29, 1.82) is 0 Å². The van der Waals surface area contributed by atoms with Gasteiger partial charge in [-0.15, -0.1) is 5.10 Å². The number of amides is 1. The number of hydrogen-bond donors (Lipinski definition) is 2. The predicted octanol–water partition coefficient (Wildman–Crippen LogP) is 0.401. The molecular formula is C17H25N7O. The number of hydrazine groups is 1. The van der Waals surface area contributed by atoms with Gasteiger partial charge in [0.2, 0.25) is 0 Å². The molecule has 3 N–H and O–H groups in total. The van der Waals surface area contributed by atoms with Crippen LogP contribution in [0.3, 0.4) is 0 Å². The van der Waals surface area contributed by atoms with E-state index >= 15 is 0 Å². The zero-order valence-electron chi connectivity index (χ0n) is 14.7. The molecule has 8 heteroatoms. The average molecular weight is 343 g/mol. The van der Waals surface area contributed by atoms with Gasteiger partial charge in [-0.1, -0.05) is 23.4 Å². The summed E-state index contributed by atoms with van der Waals surface area (Å²) < 4.78 is 1.70. The molecule has 1 aromatic heterocycles. The number of nitrogens with two attached hydrogens (primary N) is 1. The summed E-state index contributed by atoms with van der Waals surface area (Å²) in [5, 5.41) is 7.85. The molecule has 25 heavy (non-hydrogen) atoms. The van der Waals surface area contributed by atoms with Gasteiger partial charge < -0.3 is 4.90 Å². The molecule has 0 spiro atoms. The number of rotatable bonds is 5. The maximum Gasteiger partial charge on any atom is 0.287 e. The van der Waals surface area contributed by atoms with Gasteiger partial charge in [-0.25, -0.2) is 5.84 Å². The third-order valence-corrected chi connectivity index (χ3v) is 4.75. The molecule has 2 aromatic rings. The molecule has 2 heterocycles. The average Bonchev–Trinajstić information content (AvgIpc) is 3.10. The lowest BCUT2D eigenvalue weighted by Gasteiger charge is -2.39. The van der Waals surface area contributed by atoms with Crippen LogP contribution >= 0.6 is 0 Å². The molecule has 0 aliphatic carbocycles. The lowest BCUT2D eigenvalue weighted by Crippen LogP contribution is -2.50. The largest absolute Gasteiger partial charge is 0.369 e. The van der Waals surface area contributed by atoms with Crippen LogP contribution in [0.4, 0.5) is 5.69 Å². The van der Waals surface area contributed by atoms with E-state index in [0.29, 0.717) is 12.6 Å². The zero-order chi connectivity index (χ0) is 17.8. The van der Waals surface area contributed by atoms with Crippen LogP contribution in [-0.2, 0) is 6.54 Å². The van der Waals surface area contributed by atoms with Crippen LogP contribution in [-0.4, -0.2) is 58.0 Å². The molecule has 0 saturated carbocycles. The fraction of sp³-hybridized carbons (Fsp3) is 0.471. The number of nitrogens with one attached hydrogen (secondary N) is 1. The van der Waals surface area contributed by atoms with E-state index in [1.165, 1.54) is 11.3 Å². The van der Waals surface area contributed by atoms with Gasteiger partial charge in [0.25, 0.3) is 5.91 Å². The first-order valence-electron chi connectivity index (χ1n) is 8.54. The number of aromatic nitrogens is 3. The highest BCUT2D eigenvalue weighted by molar-refractivity contribution is 5.91. The van der Waals surface area contributed by atoms with Crippen molar-refractivity contribution in [3.05, 3.63) is 41.7 Å². The number of piperazine rings is 1. The van der Waals surface area contributed by atoms with Crippen LogP contribution in [0, 0.1) is 6.92 Å². The quantitative estimate of drug-likeness (QED) is 0.464. The first-order chi connectivity index (χ1) is 12.1. The molecule has 0 bridgehead atoms. The summed E-state index contributed by atoms with van der Waals surface area (Å²) in [6, 6.07) is 8.83. The third-order valence-electron chi connectivity index (χ3n) is 4.75. The molecule has 1 aliphatic heterocycles. The second kappa shape index (κ2) is 7.62. The normalized spacial score (nSPS) is 16.7. The molecule has 1 saturated heterocycles. The van der Waals surface area contributed by atoms with Crippen molar-refractivity contribution in [2.24, 2.45) is 5.84 Å². The van der Waals surface area contributed by atoms with Gasteiger partial charge in [-0.05, 0) is 25.5 Å². The number of nitrogen functional groups attached to an aromatic ring is 1. The molecule has 0 radical (unpaired) electrons. The molecule has 1 aliphatic rings. The Morgan fingerprint density at radius 2 is 2.00 bits per heavy atom. The molecule has 8 nitrogen and oxygen atoms in total. The van der Waals surface area contributed by atoms with Crippen LogP contribution in [0.2, 0.25) is 0 Å². The van der Waals surface area contributed by atoms with Crippen molar-refractivity contribution >= 4 is 11.6 Å². The summed E-state index contributed by atoms with van der Waals surface area (Å²) >= 11 is 0. The highest BCUT2D eigenvalue weighted by Gasteiger charge is 2.22. The maximum absolute atomic E-state index is 11.4. The molecule has 134 valence electrons. The van der Waals surface area contributed by atoms with Gasteiger partial charge >= 0.3 is 0 Å². The van der Waals surface area contributed by atoms with E-state index in [-0.39, 0.29) is 5.69 Å². The van der Waals surface area contributed by atoms with E-state index in [2.05, 4.69) is 63.7 Å². The number of nitrogens with zero attached hydrogens (tertiary/aromatic N) is 5. The molecule has 1 atom stereocenters. The summed E-state index contributed by atoms with van der Waals surface area (Å²) in [5.41, 5.74) is 4.94. The summed E-state index contributed by atoms with van der Waals surface area (Å²) in [5.74, 6) is 4.69. The van der Waals surface area contributed by atoms with E-state index in [4.69, 9.17) is 5.84 Å². The van der Waals surface area contributed by atoms with Crippen LogP contribution in [0.1, 0.15) is 23.0 Å². The lowest BCUT2D eigenvalue weighted by molar-refractivity contribution is 0.0948. The minimum atomic E-state index is -0.425. The van der Waals surface area contributed by atoms with Gasteiger partial charge in [0.15, 0.2) is 5.69 Å². The van der Waals surface area contributed by atoms with E-state index in [1.54, 1.807) is 10.9 Å². The van der Waals surface area contributed by atoms with Gasteiger partial charge in [0.1, 0.15) is 0 Å². The summed E-state index contributed by atoms with van der Waals surface area (Å²) in [6.45, 7) is 9.04. The first-order valence-corrected chi connectivity index (χ1v) is 8.54. The van der Waals surface area contributed by atoms with Gasteiger partial charge in [-0.2, -0.15) is 0 Å². The van der Waals surface area contributed by atoms with Crippen molar-refractivity contribution in [1.82, 2.24) is 25.3 Å². The van der Waals surface area contributed by atoms with Crippen LogP contribution in [0.5, 0.6) is 0 Å². The molecule has 3 rings (SSSR count). The standard InChI is InChI=1S/C17H25N7O/c1-13-5-3-4-6-16(13)23-9-7-22(8-10-23)14(2)11-24-12-15(20-21-24)17(25)19-18/h3-6,12,14H,7-11,18H2,1-2H3,(H,19,25). The number of carbonyl (C=O) groups is 1. The Kier molecular flexibility index (Phi) is 5.30. The highest BCUT2D eigenvalue weighted by Crippen LogP contribution is 2.21. The molecule has 1 aromatic carbocycles. The van der Waals surface area contributed by atoms with Crippen molar-refractivity contribution in [2.45, 2.75) is 26.4 Å². The number of hydrogen-bond acceptors (Lipinski definition) is 6. The summed E-state index contributed by atoms with van der Waals surface area (Å²) in [6.07, 6.45) is 1.63. The van der Waals surface area contributed by atoms with Gasteiger partial charge in [0.05, 0.1) is 12.7 Å². The number of aryl methyl sites for hydroxylation is 1. The van der Waals surface area contributed by atoms with Gasteiger partial charge in [-0.3, -0.25) is 19.8 Å². The Morgan fingerprint density at radius 3 is 2.68 bits per heavy atom. The van der Waals surface area contributed by atoms with E-state index in [9.17, 15) is 4.79 Å². The summed E-state index contributed by atoms with van der Waals surface area (Å²) in [4.78, 5) is 16.3. The fourth-order valence-electron chi connectivity index (χ4n) is 3.27. The number of carbonyl (C=O) groups excluding carboxylic acids is 1. The van der Waals surface area contributed by atoms with Crippen molar-refractivity contribution < 1.29 is 4.79 Å². The Hall–Kier alpha value is -2.45. The lowest BCUT2D eigenvalue weighted by atomic mass is 10.1. The van der Waals surface area contributed by atoms with Crippen LogP contribution < -0.4 is 16.2 Å². The second-order valence-electron chi connectivity index (χ2n) is 6.46. The second-order valence-corrected chi connectivity index (χ2v) is 6.46. The highest BCUT2D eigenvalue weighted by atomic mass is 16.2. The predicted molar refractivity (Wildman–Crippen MR) is 96.1 cm³/mol. The number of para-hydroxylation sites is 1. The molecule has 1 unspecified atom stereocenters. The number of anilines is 1. The molecular weight excluding hydrogens is 318 g/mol. The van der Waals surface area contributed by atoms with E-state index in [1.807, 2.05) is 0 Å². The zero-order valence-corrected chi connectivity index (χ0v) is 14.7. The minimum absolute atomic E-state index is 0.235. The van der Waals surface area contributed by atoms with E-state index < -0.39 is 5.91 Å². The maximum atomic E-state index is 11.4. The van der Waals surface area contributed by atoms with Crippen molar-refractivity contribution in [3.63, 3.8) is 0 Å². The smallest absolute Gasteiger partial charge is 0.287 e. The van der Waals surface area contributed by atoms with Crippen molar-refractivity contribution in [3.8, 4) is 0 Å². The fourth-order valence-corrected chi connectivity index (χ4v) is 3.27. The Balaban J connectivity index is 1.55. The van der Waals surface area contributed by atoms with Crippen molar-refractivity contribution in [2.75, 3.05) is 31.1 Å². The molecule has 1 fully saturated rings. The van der Waals surface area contributed by atoms with Crippen LogP contribution in [0.25, 0.3) is 0 Å². The van der Waals surface area contributed by atoms with E-state index in [0.717, 1.165) is 26.2 Å². The Bertz CT molecular complexity index is 721. The Morgan fingerprint density at radius 1 is 1.28 bits per heavy atom. The topological polar surface area (TPSA) is 92.3 Å². The molecule has 1 amide bonds. The monoisotopic (exact) mass is 343 g/mol. The number of benzene rings is 1. The third kappa shape index (κ3) is 3.97. The SMILES string of the molecule is Cc1ccccc1N1CCN(C(C)Cn2cc(C(=O)NN)nn2)CC1.